The summed E-state index contributed by atoms with van der Waals surface area (Å²) < 4.78 is 31.1. The molecule has 0 radical (unpaired) electrons. The number of rotatable bonds is 6. The highest BCUT2D eigenvalue weighted by molar-refractivity contribution is 7.91. The number of hydrogen-bond donors (Lipinski definition) is 1. The Morgan fingerprint density at radius 2 is 2.29 bits per heavy atom. The molecule has 0 bridgehead atoms. The van der Waals surface area contributed by atoms with E-state index in [0.717, 1.165) is 16.9 Å². The second kappa shape index (κ2) is 6.74. The van der Waals surface area contributed by atoms with Gasteiger partial charge in [-0.3, -0.25) is 4.98 Å². The lowest BCUT2D eigenvalue weighted by atomic mass is 10.2. The molecule has 7 nitrogen and oxygen atoms in total. The molecule has 2 rings (SSSR count). The van der Waals surface area contributed by atoms with Gasteiger partial charge in [-0.15, -0.1) is 11.3 Å². The van der Waals surface area contributed by atoms with Gasteiger partial charge in [0.05, 0.1) is 12.6 Å². The average Bonchev–Trinajstić information content (AvgIpc) is 2.98. The highest BCUT2D eigenvalue weighted by atomic mass is 32.2. The first-order valence-electron chi connectivity index (χ1n) is 5.95. The molecule has 2 heterocycles. The van der Waals surface area contributed by atoms with E-state index in [4.69, 9.17) is 0 Å². The number of sulfonamides is 1. The number of carbonyl (C=O) groups excluding carboxylic acids is 1. The molecule has 0 aliphatic heterocycles. The van der Waals surface area contributed by atoms with E-state index >= 15 is 0 Å². The number of esters is 1. The van der Waals surface area contributed by atoms with Crippen molar-refractivity contribution in [3.8, 4) is 0 Å². The molecule has 1 N–H and O–H groups in total. The molecule has 21 heavy (non-hydrogen) atoms. The van der Waals surface area contributed by atoms with Crippen LogP contribution in [0.5, 0.6) is 0 Å². The standard InChI is InChI=1S/C12H13N3O4S2/c1-19-11(16)10-12(20-8-14-10)21(17,18)15-6-4-9-3-2-5-13-7-9/h2-3,5,7-8,15H,4,6H2,1H3. The van der Waals surface area contributed by atoms with Crippen molar-refractivity contribution in [3.63, 3.8) is 0 Å². The largest absolute Gasteiger partial charge is 0.464 e. The van der Waals surface area contributed by atoms with Gasteiger partial charge in [-0.05, 0) is 18.1 Å². The first kappa shape index (κ1) is 15.5. The van der Waals surface area contributed by atoms with E-state index in [-0.39, 0.29) is 16.4 Å². The second-order valence-electron chi connectivity index (χ2n) is 3.99. The molecule has 0 unspecified atom stereocenters. The number of thiazole rings is 1. The van der Waals surface area contributed by atoms with Gasteiger partial charge < -0.3 is 4.74 Å². The predicted molar refractivity (Wildman–Crippen MR) is 76.6 cm³/mol. The minimum atomic E-state index is -3.79. The van der Waals surface area contributed by atoms with Gasteiger partial charge >= 0.3 is 5.97 Å². The third kappa shape index (κ3) is 3.84. The maximum absolute atomic E-state index is 12.2. The lowest BCUT2D eigenvalue weighted by molar-refractivity contribution is 0.0590. The Bertz CT molecular complexity index is 713. The summed E-state index contributed by atoms with van der Waals surface area (Å²) in [7, 11) is -2.61. The van der Waals surface area contributed by atoms with Crippen LogP contribution in [0.15, 0.2) is 34.2 Å². The van der Waals surface area contributed by atoms with Gasteiger partial charge in [0, 0.05) is 18.9 Å². The van der Waals surface area contributed by atoms with Gasteiger partial charge in [-0.1, -0.05) is 6.07 Å². The van der Waals surface area contributed by atoms with E-state index in [2.05, 4.69) is 19.4 Å². The number of carbonyl (C=O) groups is 1. The molecule has 0 aliphatic carbocycles. The van der Waals surface area contributed by atoms with Gasteiger partial charge in [-0.2, -0.15) is 0 Å². The van der Waals surface area contributed by atoms with Crippen molar-refractivity contribution in [2.24, 2.45) is 0 Å². The zero-order chi connectivity index (χ0) is 15.3. The van der Waals surface area contributed by atoms with Crippen molar-refractivity contribution in [2.75, 3.05) is 13.7 Å². The summed E-state index contributed by atoms with van der Waals surface area (Å²) in [6, 6.07) is 3.64. The molecule has 0 amide bonds. The fourth-order valence-electron chi connectivity index (χ4n) is 1.60. The molecular formula is C12H13N3O4S2. The van der Waals surface area contributed by atoms with Crippen molar-refractivity contribution in [3.05, 3.63) is 41.3 Å². The highest BCUT2D eigenvalue weighted by Gasteiger charge is 2.26. The summed E-state index contributed by atoms with van der Waals surface area (Å²) in [4.78, 5) is 19.1. The Labute approximate surface area is 126 Å². The van der Waals surface area contributed by atoms with E-state index in [1.807, 2.05) is 6.07 Å². The normalized spacial score (nSPS) is 11.3. The number of pyridine rings is 1. The van der Waals surface area contributed by atoms with Crippen LogP contribution in [0.4, 0.5) is 0 Å². The first-order chi connectivity index (χ1) is 10.0. The topological polar surface area (TPSA) is 98.2 Å². The Morgan fingerprint density at radius 1 is 1.48 bits per heavy atom. The Hall–Kier alpha value is -1.84. The molecular weight excluding hydrogens is 314 g/mol. The Balaban J connectivity index is 2.06. The van der Waals surface area contributed by atoms with Crippen molar-refractivity contribution >= 4 is 27.3 Å². The van der Waals surface area contributed by atoms with Crippen LogP contribution >= 0.6 is 11.3 Å². The van der Waals surface area contributed by atoms with Crippen molar-refractivity contribution in [2.45, 2.75) is 10.6 Å². The fraction of sp³-hybridized carbons (Fsp3) is 0.250. The molecule has 0 aromatic carbocycles. The van der Waals surface area contributed by atoms with E-state index in [1.165, 1.54) is 12.6 Å². The van der Waals surface area contributed by atoms with Gasteiger partial charge in [0.15, 0.2) is 9.90 Å². The van der Waals surface area contributed by atoms with E-state index in [0.29, 0.717) is 6.42 Å². The van der Waals surface area contributed by atoms with Crippen LogP contribution in [0.2, 0.25) is 0 Å². The SMILES string of the molecule is COC(=O)c1ncsc1S(=O)(=O)NCCc1cccnc1. The summed E-state index contributed by atoms with van der Waals surface area (Å²) in [6.45, 7) is 0.201. The van der Waals surface area contributed by atoms with Gasteiger partial charge in [0.25, 0.3) is 10.0 Å². The molecule has 2 aromatic rings. The smallest absolute Gasteiger partial charge is 0.358 e. The van der Waals surface area contributed by atoms with E-state index in [9.17, 15) is 13.2 Å². The molecule has 9 heteroatoms. The lowest BCUT2D eigenvalue weighted by Gasteiger charge is -2.06. The number of hydrogen-bond acceptors (Lipinski definition) is 7. The van der Waals surface area contributed by atoms with Crippen molar-refractivity contribution in [1.29, 1.82) is 0 Å². The molecule has 0 saturated carbocycles. The van der Waals surface area contributed by atoms with Crippen LogP contribution in [0.25, 0.3) is 0 Å². The molecule has 0 spiro atoms. The van der Waals surface area contributed by atoms with Crippen LogP contribution in [-0.4, -0.2) is 38.0 Å². The highest BCUT2D eigenvalue weighted by Crippen LogP contribution is 2.20. The van der Waals surface area contributed by atoms with Gasteiger partial charge in [-0.25, -0.2) is 22.9 Å². The Kier molecular flexibility index (Phi) is 4.99. The van der Waals surface area contributed by atoms with Crippen LogP contribution in [-0.2, 0) is 21.2 Å². The van der Waals surface area contributed by atoms with E-state index in [1.54, 1.807) is 18.5 Å². The predicted octanol–water partition coefficient (Wildman–Crippen LogP) is 0.846. The van der Waals surface area contributed by atoms with Crippen molar-refractivity contribution < 1.29 is 17.9 Å². The quantitative estimate of drug-likeness (QED) is 0.790. The van der Waals surface area contributed by atoms with E-state index < -0.39 is 16.0 Å². The molecule has 0 atom stereocenters. The Morgan fingerprint density at radius 3 is 2.95 bits per heavy atom. The third-order valence-electron chi connectivity index (χ3n) is 2.59. The van der Waals surface area contributed by atoms with Crippen LogP contribution in [0.3, 0.4) is 0 Å². The number of methoxy groups -OCH3 is 1. The van der Waals surface area contributed by atoms with Crippen LogP contribution < -0.4 is 4.72 Å². The number of nitrogens with zero attached hydrogens (tertiary/aromatic N) is 2. The van der Waals surface area contributed by atoms with Crippen LogP contribution in [0.1, 0.15) is 16.1 Å². The first-order valence-corrected chi connectivity index (χ1v) is 8.31. The molecule has 0 fully saturated rings. The number of aromatic nitrogens is 2. The minimum Gasteiger partial charge on any atom is -0.464 e. The summed E-state index contributed by atoms with van der Waals surface area (Å²) >= 11 is 0.872. The summed E-state index contributed by atoms with van der Waals surface area (Å²) in [5, 5.41) is 0. The summed E-state index contributed by atoms with van der Waals surface area (Å²) in [5.74, 6) is -0.774. The zero-order valence-corrected chi connectivity index (χ0v) is 12.8. The fourth-order valence-corrected chi connectivity index (χ4v) is 3.81. The summed E-state index contributed by atoms with van der Waals surface area (Å²) in [5.41, 5.74) is 2.01. The number of nitrogens with one attached hydrogen (secondary N) is 1. The lowest BCUT2D eigenvalue weighted by Crippen LogP contribution is -2.27. The molecule has 0 aliphatic rings. The molecule has 2 aromatic heterocycles. The minimum absolute atomic E-state index is 0.138. The average molecular weight is 327 g/mol. The van der Waals surface area contributed by atoms with Gasteiger partial charge in [0.1, 0.15) is 0 Å². The molecule has 112 valence electrons. The number of ether oxygens (including phenoxy) is 1. The maximum Gasteiger partial charge on any atom is 0.358 e. The van der Waals surface area contributed by atoms with Gasteiger partial charge in [0.2, 0.25) is 0 Å². The third-order valence-corrected chi connectivity index (χ3v) is 5.42. The van der Waals surface area contributed by atoms with Crippen LogP contribution in [0, 0.1) is 0 Å². The molecule has 0 saturated heterocycles. The second-order valence-corrected chi connectivity index (χ2v) is 6.81. The zero-order valence-electron chi connectivity index (χ0n) is 11.1. The summed E-state index contributed by atoms with van der Waals surface area (Å²) in [6.07, 6.45) is 3.81. The monoisotopic (exact) mass is 327 g/mol. The van der Waals surface area contributed by atoms with Crippen molar-refractivity contribution in [1.82, 2.24) is 14.7 Å². The maximum atomic E-state index is 12.2.